The van der Waals surface area contributed by atoms with Gasteiger partial charge in [-0.3, -0.25) is 0 Å². The molecule has 2 unspecified atom stereocenters. The third-order valence-electron chi connectivity index (χ3n) is 3.97. The van der Waals surface area contributed by atoms with Crippen LogP contribution in [0.1, 0.15) is 54.7 Å². The van der Waals surface area contributed by atoms with E-state index in [9.17, 15) is 0 Å². The molecule has 1 nitrogen and oxygen atoms in total. The van der Waals surface area contributed by atoms with E-state index in [1.54, 1.807) is 0 Å². The summed E-state index contributed by atoms with van der Waals surface area (Å²) >= 11 is 0. The summed E-state index contributed by atoms with van der Waals surface area (Å²) in [6, 6.07) is 7.32. The normalized spacial score (nSPS) is 26.4. The van der Waals surface area contributed by atoms with Crippen molar-refractivity contribution >= 4 is 0 Å². The Morgan fingerprint density at radius 3 is 2.56 bits per heavy atom. The highest BCUT2D eigenvalue weighted by Crippen LogP contribution is 2.31. The Labute approximate surface area is 99.0 Å². The molecule has 1 saturated carbocycles. The second-order valence-electron chi connectivity index (χ2n) is 5.32. The van der Waals surface area contributed by atoms with Crippen LogP contribution in [0.3, 0.4) is 0 Å². The molecule has 1 heteroatoms. The minimum atomic E-state index is 0.411. The van der Waals surface area contributed by atoms with Gasteiger partial charge in [-0.05, 0) is 55.7 Å². The summed E-state index contributed by atoms with van der Waals surface area (Å²) < 4.78 is 0. The smallest absolute Gasteiger partial charge is 0.00446 e. The zero-order valence-corrected chi connectivity index (χ0v) is 10.5. The maximum absolute atomic E-state index is 6.13. The average molecular weight is 217 g/mol. The van der Waals surface area contributed by atoms with Crippen LogP contribution in [0.5, 0.6) is 0 Å². The van der Waals surface area contributed by atoms with Gasteiger partial charge < -0.3 is 5.73 Å². The molecule has 1 aliphatic rings. The fraction of sp³-hybridized carbons (Fsp3) is 0.600. The van der Waals surface area contributed by atoms with Gasteiger partial charge in [-0.25, -0.2) is 0 Å². The minimum Gasteiger partial charge on any atom is -0.328 e. The molecule has 2 N–H and O–H groups in total. The van der Waals surface area contributed by atoms with E-state index in [4.69, 9.17) is 5.73 Å². The Hall–Kier alpha value is -0.820. The van der Waals surface area contributed by atoms with Crippen LogP contribution in [0, 0.1) is 13.8 Å². The van der Waals surface area contributed by atoms with E-state index >= 15 is 0 Å². The maximum atomic E-state index is 6.13. The lowest BCUT2D eigenvalue weighted by molar-refractivity contribution is 0.535. The highest BCUT2D eigenvalue weighted by molar-refractivity contribution is 5.32. The van der Waals surface area contributed by atoms with Crippen molar-refractivity contribution < 1.29 is 0 Å². The number of hydrogen-bond acceptors (Lipinski definition) is 1. The van der Waals surface area contributed by atoms with Gasteiger partial charge >= 0.3 is 0 Å². The van der Waals surface area contributed by atoms with E-state index < -0.39 is 0 Å². The summed E-state index contributed by atoms with van der Waals surface area (Å²) in [6.45, 7) is 4.38. The van der Waals surface area contributed by atoms with E-state index in [0.717, 1.165) is 0 Å². The maximum Gasteiger partial charge on any atom is 0.00446 e. The molecule has 88 valence electrons. The van der Waals surface area contributed by atoms with E-state index in [1.165, 1.54) is 48.8 Å². The Morgan fingerprint density at radius 2 is 1.81 bits per heavy atom. The molecule has 0 bridgehead atoms. The molecule has 2 atom stereocenters. The van der Waals surface area contributed by atoms with E-state index in [1.807, 2.05) is 0 Å². The van der Waals surface area contributed by atoms with Gasteiger partial charge in [0, 0.05) is 6.04 Å². The van der Waals surface area contributed by atoms with Crippen molar-refractivity contribution in [3.63, 3.8) is 0 Å². The fourth-order valence-corrected chi connectivity index (χ4v) is 2.72. The van der Waals surface area contributed by atoms with Crippen LogP contribution in [0.25, 0.3) is 0 Å². The second kappa shape index (κ2) is 5.01. The third kappa shape index (κ3) is 2.65. The zero-order valence-electron chi connectivity index (χ0n) is 10.5. The summed E-state index contributed by atoms with van der Waals surface area (Å²) in [5, 5.41) is 0. The summed E-state index contributed by atoms with van der Waals surface area (Å²) in [7, 11) is 0. The fourth-order valence-electron chi connectivity index (χ4n) is 2.72. The molecule has 0 aliphatic heterocycles. The average Bonchev–Trinajstić information content (AvgIpc) is 2.47. The van der Waals surface area contributed by atoms with Crippen LogP contribution in [0.4, 0.5) is 0 Å². The number of aryl methyl sites for hydroxylation is 2. The van der Waals surface area contributed by atoms with Gasteiger partial charge in [0.05, 0.1) is 0 Å². The summed E-state index contributed by atoms with van der Waals surface area (Å²) in [5.74, 6) is 0.691. The monoisotopic (exact) mass is 217 g/mol. The predicted molar refractivity (Wildman–Crippen MR) is 69.7 cm³/mol. The molecule has 0 heterocycles. The van der Waals surface area contributed by atoms with Crippen LogP contribution in [0.15, 0.2) is 18.2 Å². The lowest BCUT2D eigenvalue weighted by Crippen LogP contribution is -2.20. The minimum absolute atomic E-state index is 0.411. The predicted octanol–water partition coefficient (Wildman–Crippen LogP) is 3.68. The van der Waals surface area contributed by atoms with Crippen molar-refractivity contribution in [3.05, 3.63) is 34.9 Å². The zero-order chi connectivity index (χ0) is 11.5. The third-order valence-corrected chi connectivity index (χ3v) is 3.97. The SMILES string of the molecule is Cc1ccc(C2CCCCC(N)C2)cc1C. The molecule has 0 spiro atoms. The van der Waals surface area contributed by atoms with Gasteiger partial charge in [0.2, 0.25) is 0 Å². The Morgan fingerprint density at radius 1 is 1.06 bits per heavy atom. The molecule has 16 heavy (non-hydrogen) atoms. The van der Waals surface area contributed by atoms with Crippen molar-refractivity contribution in [2.45, 2.75) is 57.9 Å². The van der Waals surface area contributed by atoms with Gasteiger partial charge in [0.1, 0.15) is 0 Å². The van der Waals surface area contributed by atoms with Crippen LogP contribution in [0.2, 0.25) is 0 Å². The van der Waals surface area contributed by atoms with Crippen LogP contribution < -0.4 is 5.73 Å². The van der Waals surface area contributed by atoms with E-state index in [2.05, 4.69) is 32.0 Å². The quantitative estimate of drug-likeness (QED) is 0.713. The first-order chi connectivity index (χ1) is 7.66. The van der Waals surface area contributed by atoms with E-state index in [0.29, 0.717) is 12.0 Å². The van der Waals surface area contributed by atoms with Gasteiger partial charge in [0.25, 0.3) is 0 Å². The van der Waals surface area contributed by atoms with Gasteiger partial charge in [-0.2, -0.15) is 0 Å². The first-order valence-corrected chi connectivity index (χ1v) is 6.49. The topological polar surface area (TPSA) is 26.0 Å². The first-order valence-electron chi connectivity index (χ1n) is 6.49. The van der Waals surface area contributed by atoms with Gasteiger partial charge in [-0.15, -0.1) is 0 Å². The Bertz CT molecular complexity index is 356. The number of nitrogens with two attached hydrogens (primary N) is 1. The highest BCUT2D eigenvalue weighted by Gasteiger charge is 2.19. The lowest BCUT2D eigenvalue weighted by atomic mass is 9.89. The standard InChI is InChI=1S/C15H23N/c1-11-7-8-14(9-12(11)2)13-5-3-4-6-15(16)10-13/h7-9,13,15H,3-6,10,16H2,1-2H3. The van der Waals surface area contributed by atoms with Crippen molar-refractivity contribution in [2.24, 2.45) is 5.73 Å². The molecule has 1 aromatic rings. The molecule has 0 aromatic heterocycles. The molecule has 2 rings (SSSR count). The van der Waals surface area contributed by atoms with Crippen molar-refractivity contribution in [2.75, 3.05) is 0 Å². The first kappa shape index (κ1) is 11.7. The molecule has 1 aliphatic carbocycles. The summed E-state index contributed by atoms with van der Waals surface area (Å²) in [4.78, 5) is 0. The van der Waals surface area contributed by atoms with Crippen LogP contribution in [-0.4, -0.2) is 6.04 Å². The molecule has 0 amide bonds. The highest BCUT2D eigenvalue weighted by atomic mass is 14.6. The molecular weight excluding hydrogens is 194 g/mol. The van der Waals surface area contributed by atoms with Crippen molar-refractivity contribution in [1.29, 1.82) is 0 Å². The Kier molecular flexibility index (Phi) is 3.65. The van der Waals surface area contributed by atoms with Crippen molar-refractivity contribution in [3.8, 4) is 0 Å². The molecule has 1 fully saturated rings. The molecule has 0 saturated heterocycles. The number of rotatable bonds is 1. The number of benzene rings is 1. The van der Waals surface area contributed by atoms with E-state index in [-0.39, 0.29) is 0 Å². The lowest BCUT2D eigenvalue weighted by Gasteiger charge is -2.18. The van der Waals surface area contributed by atoms with Gasteiger partial charge in [0.15, 0.2) is 0 Å². The number of hydrogen-bond donors (Lipinski definition) is 1. The van der Waals surface area contributed by atoms with Crippen molar-refractivity contribution in [1.82, 2.24) is 0 Å². The van der Waals surface area contributed by atoms with Crippen LogP contribution >= 0.6 is 0 Å². The summed E-state index contributed by atoms with van der Waals surface area (Å²) in [6.07, 6.45) is 6.34. The van der Waals surface area contributed by atoms with Gasteiger partial charge in [-0.1, -0.05) is 31.0 Å². The summed E-state index contributed by atoms with van der Waals surface area (Å²) in [5.41, 5.74) is 10.4. The molecular formula is C15H23N. The molecule has 0 radical (unpaired) electrons. The Balaban J connectivity index is 2.18. The molecule has 1 aromatic carbocycles. The van der Waals surface area contributed by atoms with Crippen LogP contribution in [-0.2, 0) is 0 Å². The second-order valence-corrected chi connectivity index (χ2v) is 5.32. The largest absolute Gasteiger partial charge is 0.328 e.